The zero-order valence-corrected chi connectivity index (χ0v) is 12.6. The van der Waals surface area contributed by atoms with E-state index >= 15 is 0 Å². The summed E-state index contributed by atoms with van der Waals surface area (Å²) < 4.78 is 37.7. The molecule has 1 atom stereocenters. The Bertz CT molecular complexity index is 698. The van der Waals surface area contributed by atoms with Gasteiger partial charge in [-0.25, -0.2) is 0 Å². The normalized spacial score (nSPS) is 22.0. The molecule has 0 unspecified atom stereocenters. The second-order valence-electron chi connectivity index (χ2n) is 5.45. The van der Waals surface area contributed by atoms with E-state index in [1.165, 1.54) is 4.90 Å². The van der Waals surface area contributed by atoms with Crippen molar-refractivity contribution in [3.05, 3.63) is 33.7 Å². The Kier molecular flexibility index (Phi) is 4.23. The topological polar surface area (TPSA) is 82.3 Å². The van der Waals surface area contributed by atoms with Crippen LogP contribution in [0.25, 0.3) is 0 Å². The van der Waals surface area contributed by atoms with Crippen molar-refractivity contribution in [1.82, 2.24) is 15.2 Å². The van der Waals surface area contributed by atoms with Gasteiger partial charge in [0.15, 0.2) is 0 Å². The lowest BCUT2D eigenvalue weighted by Crippen LogP contribution is -2.65. The molecule has 9 heteroatoms. The van der Waals surface area contributed by atoms with Crippen molar-refractivity contribution in [1.29, 1.82) is 0 Å². The number of nitrogens with zero attached hydrogens (tertiary/aromatic N) is 1. The van der Waals surface area contributed by atoms with Crippen LogP contribution in [0.3, 0.4) is 0 Å². The van der Waals surface area contributed by atoms with Gasteiger partial charge in [-0.15, -0.1) is 0 Å². The number of H-pyrrole nitrogens is 1. The van der Waals surface area contributed by atoms with Gasteiger partial charge in [-0.1, -0.05) is 6.92 Å². The van der Waals surface area contributed by atoms with E-state index in [0.29, 0.717) is 12.5 Å². The molecule has 23 heavy (non-hydrogen) atoms. The van der Waals surface area contributed by atoms with Crippen LogP contribution in [0.4, 0.5) is 13.2 Å². The highest BCUT2D eigenvalue weighted by molar-refractivity contribution is 5.99. The highest BCUT2D eigenvalue weighted by atomic mass is 19.4. The van der Waals surface area contributed by atoms with E-state index in [-0.39, 0.29) is 19.0 Å². The van der Waals surface area contributed by atoms with E-state index in [1.807, 2.05) is 0 Å². The van der Waals surface area contributed by atoms with Crippen molar-refractivity contribution in [3.8, 4) is 0 Å². The minimum atomic E-state index is -4.70. The van der Waals surface area contributed by atoms with Crippen molar-refractivity contribution in [2.75, 3.05) is 13.1 Å². The van der Waals surface area contributed by atoms with Gasteiger partial charge < -0.3 is 15.2 Å². The molecule has 2 N–H and O–H groups in total. The van der Waals surface area contributed by atoms with Gasteiger partial charge in [-0.3, -0.25) is 14.4 Å². The summed E-state index contributed by atoms with van der Waals surface area (Å²) in [5.74, 6) is -1.12. The Morgan fingerprint density at radius 3 is 2.52 bits per heavy atom. The summed E-state index contributed by atoms with van der Waals surface area (Å²) in [6, 6.07) is 1.48. The average molecular weight is 331 g/mol. The highest BCUT2D eigenvalue weighted by Gasteiger charge is 2.44. The number of carbonyl (C=O) groups is 2. The number of nitrogens with one attached hydrogen (secondary N) is 2. The quantitative estimate of drug-likeness (QED) is 0.852. The number of carbonyl (C=O) groups excluding carboxylic acids is 2. The van der Waals surface area contributed by atoms with Crippen LogP contribution in [0, 0.1) is 0 Å². The van der Waals surface area contributed by atoms with Gasteiger partial charge in [-0.2, -0.15) is 13.2 Å². The van der Waals surface area contributed by atoms with E-state index in [9.17, 15) is 27.6 Å². The summed E-state index contributed by atoms with van der Waals surface area (Å²) >= 11 is 0. The van der Waals surface area contributed by atoms with E-state index in [4.69, 9.17) is 0 Å². The summed E-state index contributed by atoms with van der Waals surface area (Å²) in [7, 11) is 0. The first-order chi connectivity index (χ1) is 10.6. The van der Waals surface area contributed by atoms with Crippen molar-refractivity contribution >= 4 is 11.8 Å². The predicted octanol–water partition coefficient (Wildman–Crippen LogP) is 1.13. The molecule has 2 heterocycles. The highest BCUT2D eigenvalue weighted by Crippen LogP contribution is 2.27. The summed E-state index contributed by atoms with van der Waals surface area (Å²) in [6.07, 6.45) is -4.40. The number of hydrogen-bond acceptors (Lipinski definition) is 3. The monoisotopic (exact) mass is 331 g/mol. The average Bonchev–Trinajstić information content (AvgIpc) is 2.48. The van der Waals surface area contributed by atoms with Crippen LogP contribution in [-0.2, 0) is 11.0 Å². The van der Waals surface area contributed by atoms with E-state index < -0.39 is 34.4 Å². The first kappa shape index (κ1) is 17.0. The third kappa shape index (κ3) is 2.95. The summed E-state index contributed by atoms with van der Waals surface area (Å²) in [4.78, 5) is 39.3. The molecule has 1 aromatic heterocycles. The van der Waals surface area contributed by atoms with Crippen LogP contribution in [-0.4, -0.2) is 40.3 Å². The van der Waals surface area contributed by atoms with Crippen LogP contribution in [0.15, 0.2) is 16.9 Å². The Balaban J connectivity index is 2.40. The minimum Gasteiger partial charge on any atom is -0.352 e. The fourth-order valence-electron chi connectivity index (χ4n) is 2.47. The lowest BCUT2D eigenvalue weighted by atomic mass is 9.92. The van der Waals surface area contributed by atoms with Gasteiger partial charge >= 0.3 is 6.18 Å². The van der Waals surface area contributed by atoms with Crippen LogP contribution in [0.1, 0.15) is 36.3 Å². The zero-order chi connectivity index (χ0) is 17.4. The number of alkyl halides is 3. The standard InChI is InChI=1S/C14H16F3N3O3/c1-3-13(2)12(23)18-6-7-20(13)11(22)8-4-5-9(14(15,16)17)19-10(8)21/h4-5H,3,6-7H2,1-2H3,(H,18,23)(H,19,21)/t13-/m0/s1. The summed E-state index contributed by atoms with van der Waals surface area (Å²) in [5.41, 5.74) is -3.93. The molecule has 0 aromatic carbocycles. The molecule has 1 fully saturated rings. The van der Waals surface area contributed by atoms with Crippen molar-refractivity contribution < 1.29 is 22.8 Å². The van der Waals surface area contributed by atoms with Gasteiger partial charge in [0.1, 0.15) is 16.8 Å². The maximum atomic E-state index is 12.6. The largest absolute Gasteiger partial charge is 0.431 e. The number of rotatable bonds is 2. The zero-order valence-electron chi connectivity index (χ0n) is 12.6. The molecule has 1 aromatic rings. The van der Waals surface area contributed by atoms with Crippen molar-refractivity contribution in [3.63, 3.8) is 0 Å². The Morgan fingerprint density at radius 2 is 2.00 bits per heavy atom. The molecule has 1 aliphatic heterocycles. The number of aromatic nitrogens is 1. The second-order valence-corrected chi connectivity index (χ2v) is 5.45. The molecular formula is C14H16F3N3O3. The SMILES string of the molecule is CC[C@@]1(C)C(=O)NCCN1C(=O)c1ccc(C(F)(F)F)[nH]c1=O. The lowest BCUT2D eigenvalue weighted by molar-refractivity contribution is -0.141. The molecule has 2 rings (SSSR count). The number of hydrogen-bond donors (Lipinski definition) is 2. The number of halogens is 3. The molecule has 126 valence electrons. The molecule has 0 bridgehead atoms. The lowest BCUT2D eigenvalue weighted by Gasteiger charge is -2.43. The van der Waals surface area contributed by atoms with Gasteiger partial charge in [-0.05, 0) is 25.5 Å². The maximum absolute atomic E-state index is 12.6. The summed E-state index contributed by atoms with van der Waals surface area (Å²) in [5, 5.41) is 2.64. The van der Waals surface area contributed by atoms with Gasteiger partial charge in [0, 0.05) is 13.1 Å². The predicted molar refractivity (Wildman–Crippen MR) is 74.8 cm³/mol. The first-order valence-corrected chi connectivity index (χ1v) is 7.02. The van der Waals surface area contributed by atoms with E-state index in [2.05, 4.69) is 5.32 Å². The van der Waals surface area contributed by atoms with Gasteiger partial charge in [0.05, 0.1) is 0 Å². The van der Waals surface area contributed by atoms with Gasteiger partial charge in [0.2, 0.25) is 5.91 Å². The molecule has 0 spiro atoms. The molecule has 0 saturated carbocycles. The number of aromatic amines is 1. The smallest absolute Gasteiger partial charge is 0.352 e. The van der Waals surface area contributed by atoms with Crippen LogP contribution in [0.2, 0.25) is 0 Å². The molecule has 6 nitrogen and oxygen atoms in total. The fourth-order valence-corrected chi connectivity index (χ4v) is 2.47. The third-order valence-corrected chi connectivity index (χ3v) is 4.08. The maximum Gasteiger partial charge on any atom is 0.431 e. The van der Waals surface area contributed by atoms with Crippen LogP contribution < -0.4 is 10.9 Å². The molecular weight excluding hydrogens is 315 g/mol. The van der Waals surface area contributed by atoms with Crippen LogP contribution in [0.5, 0.6) is 0 Å². The molecule has 1 saturated heterocycles. The molecule has 1 aliphatic rings. The first-order valence-electron chi connectivity index (χ1n) is 7.02. The van der Waals surface area contributed by atoms with E-state index in [1.54, 1.807) is 18.8 Å². The summed E-state index contributed by atoms with van der Waals surface area (Å²) in [6.45, 7) is 3.66. The van der Waals surface area contributed by atoms with Crippen molar-refractivity contribution in [2.45, 2.75) is 32.0 Å². The van der Waals surface area contributed by atoms with Crippen LogP contribution >= 0.6 is 0 Å². The Morgan fingerprint density at radius 1 is 1.35 bits per heavy atom. The number of pyridine rings is 1. The molecule has 2 amide bonds. The second kappa shape index (κ2) is 5.71. The van der Waals surface area contributed by atoms with Crippen molar-refractivity contribution in [2.24, 2.45) is 0 Å². The van der Waals surface area contributed by atoms with Gasteiger partial charge in [0.25, 0.3) is 11.5 Å². The Labute approximate surface area is 129 Å². The number of piperazine rings is 1. The van der Waals surface area contributed by atoms with E-state index in [0.717, 1.165) is 6.07 Å². The fraction of sp³-hybridized carbons (Fsp3) is 0.500. The Hall–Kier alpha value is -2.32. The molecule has 0 radical (unpaired) electrons. The third-order valence-electron chi connectivity index (χ3n) is 4.08. The minimum absolute atomic E-state index is 0.176. The number of amides is 2. The molecule has 0 aliphatic carbocycles.